The molecule has 0 saturated heterocycles. The van der Waals surface area contributed by atoms with Crippen molar-refractivity contribution in [1.29, 1.82) is 0 Å². The molecule has 1 aromatic carbocycles. The van der Waals surface area contributed by atoms with Crippen LogP contribution in [0.25, 0.3) is 0 Å². The topological polar surface area (TPSA) is 83.8 Å². The van der Waals surface area contributed by atoms with Gasteiger partial charge < -0.3 is 11.1 Å². The van der Waals surface area contributed by atoms with E-state index in [2.05, 4.69) is 47.6 Å². The Hall–Kier alpha value is -2.30. The molecule has 3 rings (SSSR count). The fourth-order valence-electron chi connectivity index (χ4n) is 3.17. The summed E-state index contributed by atoms with van der Waals surface area (Å²) in [6.45, 7) is 4.11. The van der Waals surface area contributed by atoms with Crippen molar-refractivity contribution in [3.63, 3.8) is 0 Å². The fourth-order valence-corrected chi connectivity index (χ4v) is 3.17. The number of aromatic nitrogens is 2. The number of nitrogen functional groups attached to an aromatic ring is 1. The van der Waals surface area contributed by atoms with Gasteiger partial charge in [-0.25, -0.2) is 0 Å². The highest BCUT2D eigenvalue weighted by Crippen LogP contribution is 2.36. The lowest BCUT2D eigenvalue weighted by atomic mass is 9.78. The number of aromatic amines is 1. The second-order valence-electron chi connectivity index (χ2n) is 6.35. The van der Waals surface area contributed by atoms with Crippen molar-refractivity contribution in [3.05, 3.63) is 46.6 Å². The highest BCUT2D eigenvalue weighted by atomic mass is 16.1. The van der Waals surface area contributed by atoms with Gasteiger partial charge in [-0.1, -0.05) is 29.3 Å². The number of hydrogen-bond acceptors (Lipinski definition) is 3. The molecule has 2 aromatic rings. The van der Waals surface area contributed by atoms with Crippen LogP contribution in [0.2, 0.25) is 0 Å². The number of hydrogen-bond donors (Lipinski definition) is 3. The maximum atomic E-state index is 12.1. The molecule has 1 amide bonds. The van der Waals surface area contributed by atoms with Crippen LogP contribution < -0.4 is 11.1 Å². The van der Waals surface area contributed by atoms with E-state index in [0.29, 0.717) is 18.2 Å². The summed E-state index contributed by atoms with van der Waals surface area (Å²) in [4.78, 5) is 12.1. The number of benzene rings is 1. The normalized spacial score (nSPS) is 20.5. The lowest BCUT2D eigenvalue weighted by Crippen LogP contribution is -2.44. The minimum Gasteiger partial charge on any atom is -0.384 e. The van der Waals surface area contributed by atoms with Gasteiger partial charge in [-0.05, 0) is 32.3 Å². The van der Waals surface area contributed by atoms with Crippen LogP contribution >= 0.6 is 0 Å². The summed E-state index contributed by atoms with van der Waals surface area (Å²) < 4.78 is 0. The third kappa shape index (κ3) is 3.30. The number of rotatable bonds is 4. The van der Waals surface area contributed by atoms with Gasteiger partial charge in [-0.15, -0.1) is 0 Å². The number of aryl methyl sites for hydroxylation is 2. The Morgan fingerprint density at radius 2 is 1.95 bits per heavy atom. The number of nitrogens with one attached hydrogen (secondary N) is 2. The number of carbonyl (C=O) groups is 1. The van der Waals surface area contributed by atoms with E-state index in [1.54, 1.807) is 0 Å². The molecule has 5 nitrogen and oxygen atoms in total. The van der Waals surface area contributed by atoms with E-state index in [0.717, 1.165) is 24.1 Å². The van der Waals surface area contributed by atoms with Crippen molar-refractivity contribution >= 4 is 11.7 Å². The van der Waals surface area contributed by atoms with Crippen LogP contribution in [-0.2, 0) is 11.2 Å². The van der Waals surface area contributed by atoms with Crippen LogP contribution in [-0.4, -0.2) is 22.1 Å². The molecule has 1 aromatic heterocycles. The van der Waals surface area contributed by atoms with Crippen LogP contribution in [0.1, 0.15) is 41.1 Å². The zero-order valence-corrected chi connectivity index (χ0v) is 13.0. The molecular formula is C17H22N4O. The summed E-state index contributed by atoms with van der Waals surface area (Å²) in [6.07, 6.45) is 2.31. The molecular weight excluding hydrogens is 276 g/mol. The number of nitrogens with two attached hydrogens (primary N) is 1. The molecule has 1 saturated carbocycles. The molecule has 0 radical (unpaired) electrons. The second kappa shape index (κ2) is 5.83. The van der Waals surface area contributed by atoms with Crippen molar-refractivity contribution in [3.8, 4) is 0 Å². The highest BCUT2D eigenvalue weighted by molar-refractivity contribution is 5.79. The first-order valence-electron chi connectivity index (χ1n) is 7.67. The predicted molar refractivity (Wildman–Crippen MR) is 86.5 cm³/mol. The van der Waals surface area contributed by atoms with E-state index in [1.165, 1.54) is 11.1 Å². The minimum absolute atomic E-state index is 0.0926. The standard InChI is InChI=1S/C17H22N4O/c1-10-3-11(2)5-12(4-10)6-17(22)19-14-7-13(8-14)15-9-16(18)21-20-15/h3-5,9,13-14H,6-8H2,1-2H3,(H,19,22)(H3,18,20,21)/t13-,14+. The van der Waals surface area contributed by atoms with Gasteiger partial charge in [0.1, 0.15) is 5.82 Å². The molecule has 0 bridgehead atoms. The fraction of sp³-hybridized carbons (Fsp3) is 0.412. The van der Waals surface area contributed by atoms with Crippen molar-refractivity contribution in [1.82, 2.24) is 15.5 Å². The summed E-state index contributed by atoms with van der Waals surface area (Å²) in [5, 5.41) is 10.0. The number of H-pyrrole nitrogens is 1. The van der Waals surface area contributed by atoms with Crippen LogP contribution in [0.4, 0.5) is 5.82 Å². The molecule has 4 N–H and O–H groups in total. The van der Waals surface area contributed by atoms with Gasteiger partial charge >= 0.3 is 0 Å². The quantitative estimate of drug-likeness (QED) is 0.809. The molecule has 0 spiro atoms. The first-order chi connectivity index (χ1) is 10.5. The lowest BCUT2D eigenvalue weighted by molar-refractivity contribution is -0.121. The maximum Gasteiger partial charge on any atom is 0.224 e. The van der Waals surface area contributed by atoms with E-state index in [1.807, 2.05) is 6.07 Å². The number of anilines is 1. The SMILES string of the molecule is Cc1cc(C)cc(CC(=O)N[C@H]2C[C@@H](c3cc(N)[nH]n3)C2)c1. The second-order valence-corrected chi connectivity index (χ2v) is 6.35. The Morgan fingerprint density at radius 3 is 2.55 bits per heavy atom. The largest absolute Gasteiger partial charge is 0.384 e. The maximum absolute atomic E-state index is 12.1. The van der Waals surface area contributed by atoms with Crippen LogP contribution in [0.15, 0.2) is 24.3 Å². The number of amides is 1. The number of nitrogens with zero attached hydrogens (tertiary/aromatic N) is 1. The van der Waals surface area contributed by atoms with E-state index >= 15 is 0 Å². The van der Waals surface area contributed by atoms with Crippen LogP contribution in [0, 0.1) is 13.8 Å². The zero-order chi connectivity index (χ0) is 15.7. The van der Waals surface area contributed by atoms with Gasteiger partial charge in [0.05, 0.1) is 12.1 Å². The molecule has 0 unspecified atom stereocenters. The average molecular weight is 298 g/mol. The first kappa shape index (κ1) is 14.6. The van der Waals surface area contributed by atoms with E-state index in [4.69, 9.17) is 5.73 Å². The van der Waals surface area contributed by atoms with Crippen molar-refractivity contribution in [2.45, 2.75) is 45.1 Å². The van der Waals surface area contributed by atoms with Gasteiger partial charge in [0.25, 0.3) is 0 Å². The lowest BCUT2D eigenvalue weighted by Gasteiger charge is -2.34. The average Bonchev–Trinajstić information content (AvgIpc) is 2.78. The molecule has 0 aliphatic heterocycles. The Bertz CT molecular complexity index is 665. The van der Waals surface area contributed by atoms with Gasteiger partial charge in [-0.2, -0.15) is 5.10 Å². The predicted octanol–water partition coefficient (Wildman–Crippen LogP) is 2.21. The molecule has 116 valence electrons. The van der Waals surface area contributed by atoms with Crippen molar-refractivity contribution in [2.24, 2.45) is 0 Å². The third-order valence-corrected chi connectivity index (χ3v) is 4.19. The molecule has 1 aliphatic rings. The van der Waals surface area contributed by atoms with Gasteiger partial charge in [0, 0.05) is 18.0 Å². The van der Waals surface area contributed by atoms with Gasteiger partial charge in [-0.3, -0.25) is 9.89 Å². The zero-order valence-electron chi connectivity index (χ0n) is 13.0. The van der Waals surface area contributed by atoms with E-state index in [-0.39, 0.29) is 11.9 Å². The van der Waals surface area contributed by atoms with E-state index < -0.39 is 0 Å². The molecule has 1 aliphatic carbocycles. The Kier molecular flexibility index (Phi) is 3.88. The Morgan fingerprint density at radius 1 is 1.27 bits per heavy atom. The van der Waals surface area contributed by atoms with E-state index in [9.17, 15) is 4.79 Å². The first-order valence-corrected chi connectivity index (χ1v) is 7.67. The molecule has 5 heteroatoms. The minimum atomic E-state index is 0.0926. The molecule has 1 heterocycles. The third-order valence-electron chi connectivity index (χ3n) is 4.19. The Labute approximate surface area is 130 Å². The monoisotopic (exact) mass is 298 g/mol. The molecule has 0 atom stereocenters. The van der Waals surface area contributed by atoms with Crippen LogP contribution in [0.3, 0.4) is 0 Å². The smallest absolute Gasteiger partial charge is 0.224 e. The van der Waals surface area contributed by atoms with Crippen molar-refractivity contribution in [2.75, 3.05) is 5.73 Å². The van der Waals surface area contributed by atoms with Gasteiger partial charge in [0.2, 0.25) is 5.91 Å². The summed E-state index contributed by atoms with van der Waals surface area (Å²) in [5.41, 5.74) is 10.1. The summed E-state index contributed by atoms with van der Waals surface area (Å²) in [6, 6.07) is 8.39. The summed E-state index contributed by atoms with van der Waals surface area (Å²) >= 11 is 0. The molecule has 1 fully saturated rings. The van der Waals surface area contributed by atoms with Gasteiger partial charge in [0.15, 0.2) is 0 Å². The number of carbonyl (C=O) groups excluding carboxylic acids is 1. The van der Waals surface area contributed by atoms with Crippen molar-refractivity contribution < 1.29 is 4.79 Å². The van der Waals surface area contributed by atoms with Crippen LogP contribution in [0.5, 0.6) is 0 Å². The molecule has 22 heavy (non-hydrogen) atoms. The summed E-state index contributed by atoms with van der Waals surface area (Å²) in [7, 11) is 0. The summed E-state index contributed by atoms with van der Waals surface area (Å²) in [5.74, 6) is 1.09. The highest BCUT2D eigenvalue weighted by Gasteiger charge is 2.32. The Balaban J connectivity index is 1.49.